The van der Waals surface area contributed by atoms with E-state index in [0.717, 1.165) is 50.5 Å². The minimum absolute atomic E-state index is 0.200. The number of imidazole rings is 1. The summed E-state index contributed by atoms with van der Waals surface area (Å²) in [6.07, 6.45) is 2.64. The number of β-amino-alcohol motifs (C(OH)–C–C–N with tert-alkyl or cyclic N) is 1. The van der Waals surface area contributed by atoms with E-state index in [1.807, 2.05) is 0 Å². The Balaban J connectivity index is 1.85. The largest absolute Gasteiger partial charge is 0.395 e. The molecule has 1 aliphatic heterocycles. The normalized spacial score (nSPS) is 17.6. The summed E-state index contributed by atoms with van der Waals surface area (Å²) in [7, 11) is 0. The number of aromatic amines is 1. The van der Waals surface area contributed by atoms with E-state index in [1.54, 1.807) is 6.33 Å². The van der Waals surface area contributed by atoms with Gasteiger partial charge in [-0.25, -0.2) is 4.98 Å². The van der Waals surface area contributed by atoms with E-state index in [4.69, 9.17) is 10.8 Å². The first kappa shape index (κ1) is 13.1. The van der Waals surface area contributed by atoms with Crippen LogP contribution >= 0.6 is 0 Å². The molecule has 0 amide bonds. The summed E-state index contributed by atoms with van der Waals surface area (Å²) < 4.78 is 0. The van der Waals surface area contributed by atoms with Crippen LogP contribution in [0.15, 0.2) is 6.33 Å². The van der Waals surface area contributed by atoms with Gasteiger partial charge < -0.3 is 20.7 Å². The molecule has 0 aliphatic carbocycles. The lowest BCUT2D eigenvalue weighted by Crippen LogP contribution is -2.33. The van der Waals surface area contributed by atoms with Crippen LogP contribution in [0.5, 0.6) is 0 Å². The van der Waals surface area contributed by atoms with Crippen molar-refractivity contribution in [2.75, 3.05) is 50.0 Å². The molecule has 8 heteroatoms. The highest BCUT2D eigenvalue weighted by Gasteiger charge is 2.19. The number of nitrogen functional groups attached to an aromatic ring is 1. The van der Waals surface area contributed by atoms with Gasteiger partial charge in [-0.1, -0.05) is 0 Å². The maximum Gasteiger partial charge on any atom is 0.224 e. The fraction of sp³-hybridized carbons (Fsp3) is 0.583. The van der Waals surface area contributed by atoms with Gasteiger partial charge in [0.25, 0.3) is 0 Å². The van der Waals surface area contributed by atoms with Gasteiger partial charge in [-0.3, -0.25) is 4.90 Å². The molecule has 108 valence electrons. The summed E-state index contributed by atoms with van der Waals surface area (Å²) in [5, 5.41) is 9.04. The van der Waals surface area contributed by atoms with Gasteiger partial charge in [0.15, 0.2) is 11.5 Å². The van der Waals surface area contributed by atoms with Crippen molar-refractivity contribution in [2.45, 2.75) is 6.42 Å². The number of nitrogens with one attached hydrogen (secondary N) is 1. The van der Waals surface area contributed by atoms with E-state index in [2.05, 4.69) is 29.7 Å². The number of aliphatic hydroxyl groups excluding tert-OH is 1. The first-order valence-corrected chi connectivity index (χ1v) is 6.82. The number of nitrogens with two attached hydrogens (primary N) is 1. The van der Waals surface area contributed by atoms with Crippen LogP contribution in [0.3, 0.4) is 0 Å². The second-order valence-electron chi connectivity index (χ2n) is 4.91. The van der Waals surface area contributed by atoms with Crippen molar-refractivity contribution in [3.05, 3.63) is 6.33 Å². The Morgan fingerprint density at radius 3 is 3.00 bits per heavy atom. The quantitative estimate of drug-likeness (QED) is 0.690. The molecule has 0 saturated carbocycles. The predicted octanol–water partition coefficient (Wildman–Crippen LogP) is -0.560. The van der Waals surface area contributed by atoms with Gasteiger partial charge >= 0.3 is 0 Å². The third kappa shape index (κ3) is 2.52. The van der Waals surface area contributed by atoms with Crippen molar-refractivity contribution in [1.29, 1.82) is 0 Å². The van der Waals surface area contributed by atoms with Gasteiger partial charge in [0.1, 0.15) is 5.52 Å². The van der Waals surface area contributed by atoms with Crippen molar-refractivity contribution in [2.24, 2.45) is 0 Å². The van der Waals surface area contributed by atoms with Crippen LogP contribution in [0.1, 0.15) is 6.42 Å². The lowest BCUT2D eigenvalue weighted by molar-refractivity contribution is 0.204. The van der Waals surface area contributed by atoms with Crippen LogP contribution in [0.25, 0.3) is 11.2 Å². The minimum atomic E-state index is 0.200. The number of aliphatic hydroxyl groups is 1. The molecular formula is C12H19N7O. The molecule has 1 aliphatic rings. The molecule has 0 spiro atoms. The van der Waals surface area contributed by atoms with E-state index in [1.165, 1.54) is 0 Å². The summed E-state index contributed by atoms with van der Waals surface area (Å²) in [5.74, 6) is 1.06. The summed E-state index contributed by atoms with van der Waals surface area (Å²) >= 11 is 0. The molecule has 0 aromatic carbocycles. The Morgan fingerprint density at radius 1 is 1.25 bits per heavy atom. The van der Waals surface area contributed by atoms with Crippen LogP contribution in [-0.2, 0) is 0 Å². The van der Waals surface area contributed by atoms with Gasteiger partial charge in [-0.15, -0.1) is 0 Å². The highest BCUT2D eigenvalue weighted by atomic mass is 16.3. The molecule has 3 rings (SSSR count). The molecule has 3 heterocycles. The van der Waals surface area contributed by atoms with Crippen LogP contribution in [0.4, 0.5) is 11.8 Å². The Hall–Kier alpha value is -1.93. The van der Waals surface area contributed by atoms with E-state index in [0.29, 0.717) is 5.65 Å². The van der Waals surface area contributed by atoms with Crippen LogP contribution < -0.4 is 10.6 Å². The number of H-pyrrole nitrogens is 1. The number of nitrogens with zero attached hydrogens (tertiary/aromatic N) is 5. The van der Waals surface area contributed by atoms with Gasteiger partial charge in [0.05, 0.1) is 12.9 Å². The van der Waals surface area contributed by atoms with E-state index in [9.17, 15) is 0 Å². The van der Waals surface area contributed by atoms with Crippen LogP contribution in [0.2, 0.25) is 0 Å². The Bertz CT molecular complexity index is 584. The second-order valence-corrected chi connectivity index (χ2v) is 4.91. The predicted molar refractivity (Wildman–Crippen MR) is 76.5 cm³/mol. The standard InChI is InChI=1S/C12H19N7O/c13-12-16-10-9(14-8-15-10)11(17-12)19-3-1-2-18(4-5-19)6-7-20/h8,20H,1-7H2,(H3,13,14,15,16,17). The highest BCUT2D eigenvalue weighted by molar-refractivity contribution is 5.84. The molecule has 20 heavy (non-hydrogen) atoms. The molecule has 8 nitrogen and oxygen atoms in total. The number of hydrogen-bond acceptors (Lipinski definition) is 7. The monoisotopic (exact) mass is 277 g/mol. The zero-order valence-electron chi connectivity index (χ0n) is 11.3. The third-order valence-corrected chi connectivity index (χ3v) is 3.59. The number of fused-ring (bicyclic) bond motifs is 1. The first-order valence-electron chi connectivity index (χ1n) is 6.82. The topological polar surface area (TPSA) is 107 Å². The maximum absolute atomic E-state index is 9.04. The molecule has 0 radical (unpaired) electrons. The smallest absolute Gasteiger partial charge is 0.224 e. The fourth-order valence-electron chi connectivity index (χ4n) is 2.61. The number of aromatic nitrogens is 4. The Morgan fingerprint density at radius 2 is 2.15 bits per heavy atom. The van der Waals surface area contributed by atoms with E-state index in [-0.39, 0.29) is 12.6 Å². The molecule has 4 N–H and O–H groups in total. The lowest BCUT2D eigenvalue weighted by atomic mass is 10.3. The average molecular weight is 277 g/mol. The molecular weight excluding hydrogens is 258 g/mol. The first-order chi connectivity index (χ1) is 9.78. The summed E-state index contributed by atoms with van der Waals surface area (Å²) in [5.41, 5.74) is 7.19. The van der Waals surface area contributed by atoms with Gasteiger partial charge in [0, 0.05) is 26.2 Å². The maximum atomic E-state index is 9.04. The minimum Gasteiger partial charge on any atom is -0.395 e. The fourth-order valence-corrected chi connectivity index (χ4v) is 2.61. The summed E-state index contributed by atoms with van der Waals surface area (Å²) in [6.45, 7) is 4.57. The molecule has 0 unspecified atom stereocenters. The van der Waals surface area contributed by atoms with Crippen LogP contribution in [0, 0.1) is 0 Å². The van der Waals surface area contributed by atoms with Crippen molar-refractivity contribution in [1.82, 2.24) is 24.8 Å². The Labute approximate surface area is 116 Å². The average Bonchev–Trinajstić information content (AvgIpc) is 2.77. The van der Waals surface area contributed by atoms with Crippen molar-refractivity contribution in [3.8, 4) is 0 Å². The zero-order chi connectivity index (χ0) is 13.9. The number of rotatable bonds is 3. The highest BCUT2D eigenvalue weighted by Crippen LogP contribution is 2.22. The van der Waals surface area contributed by atoms with Crippen molar-refractivity contribution in [3.63, 3.8) is 0 Å². The molecule has 1 fully saturated rings. The molecule has 1 saturated heterocycles. The SMILES string of the molecule is Nc1nc(N2CCCN(CCO)CC2)c2[nH]cnc2n1. The van der Waals surface area contributed by atoms with Crippen molar-refractivity contribution >= 4 is 22.9 Å². The summed E-state index contributed by atoms with van der Waals surface area (Å²) in [4.78, 5) is 20.2. The molecule has 2 aromatic rings. The zero-order valence-corrected chi connectivity index (χ0v) is 11.3. The van der Waals surface area contributed by atoms with Crippen LogP contribution in [-0.4, -0.2) is 69.3 Å². The number of hydrogen-bond donors (Lipinski definition) is 3. The Kier molecular flexibility index (Phi) is 3.66. The summed E-state index contributed by atoms with van der Waals surface area (Å²) in [6, 6.07) is 0. The van der Waals surface area contributed by atoms with Gasteiger partial charge in [0.2, 0.25) is 5.95 Å². The molecule has 2 aromatic heterocycles. The lowest BCUT2D eigenvalue weighted by Gasteiger charge is -2.22. The van der Waals surface area contributed by atoms with Gasteiger partial charge in [-0.2, -0.15) is 9.97 Å². The van der Waals surface area contributed by atoms with Gasteiger partial charge in [-0.05, 0) is 13.0 Å². The van der Waals surface area contributed by atoms with Crippen molar-refractivity contribution < 1.29 is 5.11 Å². The molecule has 0 atom stereocenters. The molecule has 0 bridgehead atoms. The number of anilines is 2. The van der Waals surface area contributed by atoms with E-state index >= 15 is 0 Å². The third-order valence-electron chi connectivity index (χ3n) is 3.59. The second kappa shape index (κ2) is 5.59. The van der Waals surface area contributed by atoms with E-state index < -0.39 is 0 Å².